The van der Waals surface area contributed by atoms with Crippen molar-refractivity contribution in [3.05, 3.63) is 140 Å². The molecule has 0 fully saturated rings. The van der Waals surface area contributed by atoms with E-state index in [1.54, 1.807) is 22.3 Å². The van der Waals surface area contributed by atoms with Crippen LogP contribution in [0.5, 0.6) is 0 Å². The zero-order valence-electron chi connectivity index (χ0n) is 38.3. The van der Waals surface area contributed by atoms with Crippen LogP contribution < -0.4 is 0 Å². The molecule has 324 valence electrons. The molecule has 0 bridgehead atoms. The second-order valence-corrected chi connectivity index (χ2v) is 20.8. The van der Waals surface area contributed by atoms with Crippen molar-refractivity contribution in [1.29, 1.82) is 0 Å². The Bertz CT molecular complexity index is 2230. The minimum Gasteiger partial charge on any atom is -0.0654 e. The molecule has 0 radical (unpaired) electrons. The molecule has 8 rings (SSSR count). The molecular weight excluding hydrogens is 880 g/mol. The molecule has 4 aromatic carbocycles. The van der Waals surface area contributed by atoms with Crippen molar-refractivity contribution in [2.45, 2.75) is 167 Å². The fourth-order valence-electron chi connectivity index (χ4n) is 11.8. The van der Waals surface area contributed by atoms with Crippen molar-refractivity contribution >= 4 is 31.9 Å². The maximum absolute atomic E-state index is 3.93. The molecule has 4 aliphatic rings. The van der Waals surface area contributed by atoms with E-state index in [-0.39, 0.29) is 10.8 Å². The van der Waals surface area contributed by atoms with Gasteiger partial charge in [0.15, 0.2) is 0 Å². The van der Waals surface area contributed by atoms with Crippen molar-refractivity contribution < 1.29 is 0 Å². The average Bonchev–Trinajstić information content (AvgIpc) is 3.77. The first-order valence-corrected chi connectivity index (χ1v) is 26.4. The summed E-state index contributed by atoms with van der Waals surface area (Å²) in [7, 11) is 0. The van der Waals surface area contributed by atoms with Crippen LogP contribution in [0.4, 0.5) is 0 Å². The lowest BCUT2D eigenvalue weighted by Gasteiger charge is -2.33. The van der Waals surface area contributed by atoms with E-state index in [1.165, 1.54) is 193 Å². The molecule has 62 heavy (non-hydrogen) atoms. The van der Waals surface area contributed by atoms with E-state index in [1.807, 2.05) is 0 Å². The van der Waals surface area contributed by atoms with Gasteiger partial charge in [-0.2, -0.15) is 0 Å². The van der Waals surface area contributed by atoms with Crippen LogP contribution in [0.25, 0.3) is 55.6 Å². The van der Waals surface area contributed by atoms with Crippen molar-refractivity contribution in [2.75, 3.05) is 0 Å². The lowest BCUT2D eigenvalue weighted by Crippen LogP contribution is -2.25. The van der Waals surface area contributed by atoms with Crippen LogP contribution in [0.3, 0.4) is 0 Å². The van der Waals surface area contributed by atoms with Gasteiger partial charge in [0.25, 0.3) is 0 Å². The molecule has 0 heterocycles. The van der Waals surface area contributed by atoms with E-state index >= 15 is 0 Å². The third kappa shape index (κ3) is 8.83. The molecule has 0 nitrogen and oxygen atoms in total. The summed E-state index contributed by atoms with van der Waals surface area (Å²) in [6.07, 6.45) is 25.5. The van der Waals surface area contributed by atoms with E-state index < -0.39 is 0 Å². The van der Waals surface area contributed by atoms with Crippen molar-refractivity contribution in [1.82, 2.24) is 0 Å². The number of benzene rings is 4. The van der Waals surface area contributed by atoms with Crippen LogP contribution in [-0.4, -0.2) is 0 Å². The van der Waals surface area contributed by atoms with Crippen molar-refractivity contribution in [3.63, 3.8) is 0 Å². The number of fused-ring (bicyclic) bond motifs is 7. The van der Waals surface area contributed by atoms with Gasteiger partial charge in [0.05, 0.1) is 0 Å². The van der Waals surface area contributed by atoms with Gasteiger partial charge in [0, 0.05) is 19.8 Å². The maximum Gasteiger partial charge on any atom is 0.0215 e. The second kappa shape index (κ2) is 20.6. The summed E-state index contributed by atoms with van der Waals surface area (Å²) in [5.74, 6) is 0. The summed E-state index contributed by atoms with van der Waals surface area (Å²) in [6.45, 7) is 9.35. The average molecular weight is 951 g/mol. The standard InChI is InChI=1S/C60H70Br2/c1-5-9-13-20-34-59(35-21-14-10-6-2)55-38-43(26-30-49(55)51-32-28-45(61)40-57(51)59)53-42-54(48-25-19-17-18-24-47(48)53)44-27-31-50-52-33-29-46(62)41-58(52)60(56(50)39-44,36-22-15-11-7-3)37-23-16-12-8-4/h17-19,24-33,38-42H,5-16,20-23,34-37H2,1-4H3. The highest BCUT2D eigenvalue weighted by atomic mass is 79.9. The zero-order chi connectivity index (χ0) is 43.1. The number of unbranched alkanes of at least 4 members (excludes halogenated alkanes) is 12. The van der Waals surface area contributed by atoms with Gasteiger partial charge in [0.2, 0.25) is 0 Å². The molecule has 0 aliphatic heterocycles. The number of hydrogen-bond acceptors (Lipinski definition) is 0. The maximum atomic E-state index is 3.93. The summed E-state index contributed by atoms with van der Waals surface area (Å²) in [5.41, 5.74) is 20.2. The lowest BCUT2D eigenvalue weighted by molar-refractivity contribution is 0.401. The Labute approximate surface area is 392 Å². The molecule has 0 amide bonds. The third-order valence-electron chi connectivity index (χ3n) is 15.0. The van der Waals surface area contributed by atoms with Gasteiger partial charge in [-0.1, -0.05) is 229 Å². The molecule has 4 aromatic rings. The molecule has 0 aromatic heterocycles. The first-order valence-electron chi connectivity index (χ1n) is 24.8. The Morgan fingerprint density at radius 1 is 0.306 bits per heavy atom. The van der Waals surface area contributed by atoms with E-state index in [9.17, 15) is 0 Å². The minimum atomic E-state index is 0.0312. The van der Waals surface area contributed by atoms with Gasteiger partial charge < -0.3 is 0 Å². The predicted octanol–water partition coefficient (Wildman–Crippen LogP) is 20.1. The highest BCUT2D eigenvalue weighted by molar-refractivity contribution is 9.10. The summed E-state index contributed by atoms with van der Waals surface area (Å²) in [4.78, 5) is 0. The molecule has 0 atom stereocenters. The van der Waals surface area contributed by atoms with Crippen LogP contribution >= 0.6 is 31.9 Å². The molecule has 0 unspecified atom stereocenters. The van der Waals surface area contributed by atoms with Crippen LogP contribution in [-0.2, 0) is 10.8 Å². The van der Waals surface area contributed by atoms with Gasteiger partial charge in [0.1, 0.15) is 0 Å². The van der Waals surface area contributed by atoms with Crippen LogP contribution in [0.1, 0.15) is 178 Å². The summed E-state index contributed by atoms with van der Waals surface area (Å²) >= 11 is 7.85. The molecule has 0 saturated carbocycles. The first kappa shape index (κ1) is 45.1. The Hall–Kier alpha value is -3.46. The number of halogens is 2. The second-order valence-electron chi connectivity index (χ2n) is 19.0. The van der Waals surface area contributed by atoms with Gasteiger partial charge in [-0.25, -0.2) is 0 Å². The summed E-state index contributed by atoms with van der Waals surface area (Å²) in [6, 6.07) is 43.4. The largest absolute Gasteiger partial charge is 0.0654 e. The molecule has 4 aliphatic carbocycles. The van der Waals surface area contributed by atoms with E-state index in [0.717, 1.165) is 0 Å². The first-order chi connectivity index (χ1) is 30.4. The molecular formula is C60H70Br2. The van der Waals surface area contributed by atoms with Crippen LogP contribution in [0.2, 0.25) is 0 Å². The molecule has 2 heteroatoms. The van der Waals surface area contributed by atoms with Gasteiger partial charge in [-0.15, -0.1) is 0 Å². The number of hydrogen-bond donors (Lipinski definition) is 0. The number of rotatable bonds is 22. The van der Waals surface area contributed by atoms with Crippen LogP contribution in [0.15, 0.2) is 118 Å². The van der Waals surface area contributed by atoms with Gasteiger partial charge in [-0.05, 0) is 146 Å². The molecule has 0 spiro atoms. The predicted molar refractivity (Wildman–Crippen MR) is 277 cm³/mol. The van der Waals surface area contributed by atoms with Gasteiger partial charge in [-0.3, -0.25) is 0 Å². The third-order valence-corrected chi connectivity index (χ3v) is 16.0. The normalized spacial score (nSPS) is 14.2. The van der Waals surface area contributed by atoms with Crippen molar-refractivity contribution in [2.24, 2.45) is 0 Å². The van der Waals surface area contributed by atoms with Crippen LogP contribution in [0, 0.1) is 0 Å². The Morgan fingerprint density at radius 2 is 0.645 bits per heavy atom. The van der Waals surface area contributed by atoms with E-state index in [0.29, 0.717) is 0 Å². The summed E-state index contributed by atoms with van der Waals surface area (Å²) in [5, 5.41) is 0. The lowest BCUT2D eigenvalue weighted by atomic mass is 9.70. The topological polar surface area (TPSA) is 0 Å². The fourth-order valence-corrected chi connectivity index (χ4v) is 12.5. The zero-order valence-corrected chi connectivity index (χ0v) is 41.5. The highest BCUT2D eigenvalue weighted by Gasteiger charge is 2.44. The monoisotopic (exact) mass is 948 g/mol. The Morgan fingerprint density at radius 3 is 1.00 bits per heavy atom. The summed E-state index contributed by atoms with van der Waals surface area (Å²) < 4.78 is 2.40. The van der Waals surface area contributed by atoms with E-state index in [2.05, 4.69) is 169 Å². The highest BCUT2D eigenvalue weighted by Crippen LogP contribution is 2.58. The molecule has 0 N–H and O–H groups in total. The Balaban J connectivity index is 1.26. The quantitative estimate of drug-likeness (QED) is 0.0595. The SMILES string of the molecule is CCCCCCC1(CCCCCC)c2cc(Br)ccc2-c2ccc(-c3cc(-c4ccc5c(c4)C(CCCCCC)(CCCCCC)c4cc(Br)ccc4-5)c4cccccc3-4)cc21. The fraction of sp³-hybridized carbons (Fsp3) is 0.433. The molecule has 0 saturated heterocycles. The van der Waals surface area contributed by atoms with E-state index in [4.69, 9.17) is 0 Å². The van der Waals surface area contributed by atoms with Crippen molar-refractivity contribution in [3.8, 4) is 55.6 Å². The minimum absolute atomic E-state index is 0.0312. The smallest absolute Gasteiger partial charge is 0.0215 e. The van der Waals surface area contributed by atoms with Gasteiger partial charge >= 0.3 is 0 Å². The Kier molecular flexibility index (Phi) is 15.0.